The van der Waals surface area contributed by atoms with Crippen molar-refractivity contribution >= 4 is 11.8 Å². The number of amides is 2. The first kappa shape index (κ1) is 14.5. The molecule has 1 aromatic carbocycles. The van der Waals surface area contributed by atoms with Crippen LogP contribution in [0.25, 0.3) is 0 Å². The van der Waals surface area contributed by atoms with Crippen LogP contribution < -0.4 is 10.6 Å². The summed E-state index contributed by atoms with van der Waals surface area (Å²) < 4.78 is 0. The Bertz CT molecular complexity index is 475. The molecule has 1 aromatic rings. The van der Waals surface area contributed by atoms with E-state index in [0.717, 1.165) is 13.1 Å². The first-order valence-electron chi connectivity index (χ1n) is 6.96. The van der Waals surface area contributed by atoms with E-state index in [1.165, 1.54) is 0 Å². The molecular weight excluding hydrogens is 254 g/mol. The molecule has 2 atom stereocenters. The second-order valence-electron chi connectivity index (χ2n) is 5.15. The second-order valence-corrected chi connectivity index (χ2v) is 5.15. The van der Waals surface area contributed by atoms with Crippen molar-refractivity contribution in [2.24, 2.45) is 0 Å². The highest BCUT2D eigenvalue weighted by Crippen LogP contribution is 2.06. The fourth-order valence-electron chi connectivity index (χ4n) is 2.35. The van der Waals surface area contributed by atoms with Crippen molar-refractivity contribution in [3.05, 3.63) is 35.9 Å². The van der Waals surface area contributed by atoms with E-state index in [4.69, 9.17) is 0 Å². The molecule has 1 unspecified atom stereocenters. The quantitative estimate of drug-likeness (QED) is 0.850. The van der Waals surface area contributed by atoms with Gasteiger partial charge in [-0.25, -0.2) is 0 Å². The summed E-state index contributed by atoms with van der Waals surface area (Å²) >= 11 is 0. The third-order valence-electron chi connectivity index (χ3n) is 3.54. The number of carbonyl (C=O) groups is 2. The summed E-state index contributed by atoms with van der Waals surface area (Å²) in [7, 11) is 0. The van der Waals surface area contributed by atoms with E-state index in [1.54, 1.807) is 31.2 Å². The van der Waals surface area contributed by atoms with Crippen LogP contribution >= 0.6 is 0 Å². The highest BCUT2D eigenvalue weighted by atomic mass is 16.2. The van der Waals surface area contributed by atoms with Crippen LogP contribution in [0, 0.1) is 0 Å². The van der Waals surface area contributed by atoms with Gasteiger partial charge in [0.25, 0.3) is 5.91 Å². The van der Waals surface area contributed by atoms with Gasteiger partial charge in [0.15, 0.2) is 0 Å². The molecule has 2 N–H and O–H groups in total. The van der Waals surface area contributed by atoms with E-state index in [0.29, 0.717) is 12.1 Å². The number of benzene rings is 1. The fraction of sp³-hybridized carbons (Fsp3) is 0.467. The molecule has 2 rings (SSSR count). The van der Waals surface area contributed by atoms with Crippen LogP contribution in [0.4, 0.5) is 0 Å². The predicted molar refractivity (Wildman–Crippen MR) is 77.4 cm³/mol. The zero-order chi connectivity index (χ0) is 14.5. The minimum absolute atomic E-state index is 0.0247. The molecule has 1 heterocycles. The topological polar surface area (TPSA) is 61.4 Å². The first-order valence-corrected chi connectivity index (χ1v) is 6.96. The molecule has 0 aromatic heterocycles. The lowest BCUT2D eigenvalue weighted by atomic mass is 10.1. The Morgan fingerprint density at radius 1 is 1.35 bits per heavy atom. The van der Waals surface area contributed by atoms with Gasteiger partial charge in [0.1, 0.15) is 6.04 Å². The van der Waals surface area contributed by atoms with E-state index in [9.17, 15) is 9.59 Å². The van der Waals surface area contributed by atoms with Crippen molar-refractivity contribution in [1.29, 1.82) is 0 Å². The van der Waals surface area contributed by atoms with Gasteiger partial charge in [-0.05, 0) is 26.0 Å². The molecule has 5 heteroatoms. The molecule has 1 aliphatic rings. The fourth-order valence-corrected chi connectivity index (χ4v) is 2.35. The molecule has 1 fully saturated rings. The van der Waals surface area contributed by atoms with E-state index < -0.39 is 6.04 Å². The van der Waals surface area contributed by atoms with Crippen LogP contribution in [0.2, 0.25) is 0 Å². The van der Waals surface area contributed by atoms with Gasteiger partial charge in [-0.1, -0.05) is 18.2 Å². The van der Waals surface area contributed by atoms with Gasteiger partial charge in [0.05, 0.1) is 0 Å². The van der Waals surface area contributed by atoms with Crippen LogP contribution in [0.3, 0.4) is 0 Å². The summed E-state index contributed by atoms with van der Waals surface area (Å²) in [6.45, 7) is 6.03. The van der Waals surface area contributed by atoms with Gasteiger partial charge in [0, 0.05) is 31.2 Å². The number of carbonyl (C=O) groups excluding carboxylic acids is 2. The van der Waals surface area contributed by atoms with E-state index >= 15 is 0 Å². The van der Waals surface area contributed by atoms with Gasteiger partial charge in [0.2, 0.25) is 5.91 Å². The van der Waals surface area contributed by atoms with Crippen molar-refractivity contribution < 1.29 is 9.59 Å². The molecular formula is C15H21N3O2. The number of hydrogen-bond donors (Lipinski definition) is 2. The third-order valence-corrected chi connectivity index (χ3v) is 3.54. The van der Waals surface area contributed by atoms with Crippen molar-refractivity contribution in [3.63, 3.8) is 0 Å². The Kier molecular flexibility index (Phi) is 4.74. The van der Waals surface area contributed by atoms with Crippen LogP contribution in [0.15, 0.2) is 30.3 Å². The standard InChI is InChI=1S/C15H21N3O2/c1-11-10-16-8-9-18(11)15(20)12(2)17-14(19)13-6-4-3-5-7-13/h3-7,11-12,16H,8-10H2,1-2H3,(H,17,19)/t11-,12?/m1/s1. The van der Waals surface area contributed by atoms with Crippen molar-refractivity contribution in [2.75, 3.05) is 19.6 Å². The summed E-state index contributed by atoms with van der Waals surface area (Å²) in [5, 5.41) is 6.01. The lowest BCUT2D eigenvalue weighted by Gasteiger charge is -2.35. The molecule has 0 bridgehead atoms. The number of nitrogens with one attached hydrogen (secondary N) is 2. The van der Waals surface area contributed by atoms with Gasteiger partial charge in [-0.3, -0.25) is 9.59 Å². The third kappa shape index (κ3) is 3.36. The maximum Gasteiger partial charge on any atom is 0.251 e. The predicted octanol–water partition coefficient (Wildman–Crippen LogP) is 0.625. The number of nitrogens with zero attached hydrogens (tertiary/aromatic N) is 1. The van der Waals surface area contributed by atoms with E-state index in [2.05, 4.69) is 10.6 Å². The highest BCUT2D eigenvalue weighted by Gasteiger charge is 2.27. The summed E-state index contributed by atoms with van der Waals surface area (Å²) in [4.78, 5) is 26.2. The zero-order valence-electron chi connectivity index (χ0n) is 11.9. The Labute approximate surface area is 119 Å². The number of hydrogen-bond acceptors (Lipinski definition) is 3. The molecule has 5 nitrogen and oxygen atoms in total. The second kappa shape index (κ2) is 6.52. The lowest BCUT2D eigenvalue weighted by Crippen LogP contribution is -2.57. The molecule has 1 saturated heterocycles. The number of piperazine rings is 1. The average molecular weight is 275 g/mol. The van der Waals surface area contributed by atoms with Crippen LogP contribution in [-0.4, -0.2) is 48.4 Å². The highest BCUT2D eigenvalue weighted by molar-refractivity contribution is 5.97. The first-order chi connectivity index (χ1) is 9.59. The summed E-state index contributed by atoms with van der Waals surface area (Å²) in [6, 6.07) is 8.59. The molecule has 0 aliphatic carbocycles. The average Bonchev–Trinajstić information content (AvgIpc) is 2.48. The van der Waals surface area contributed by atoms with Crippen molar-refractivity contribution in [3.8, 4) is 0 Å². The minimum atomic E-state index is -0.511. The molecule has 0 radical (unpaired) electrons. The summed E-state index contributed by atoms with van der Waals surface area (Å²) in [5.74, 6) is -0.238. The lowest BCUT2D eigenvalue weighted by molar-refractivity contribution is -0.135. The molecule has 1 aliphatic heterocycles. The van der Waals surface area contributed by atoms with Gasteiger partial charge < -0.3 is 15.5 Å². The Morgan fingerprint density at radius 2 is 2.05 bits per heavy atom. The SMILES string of the molecule is CC(NC(=O)c1ccccc1)C(=O)N1CCNC[C@H]1C. The van der Waals surface area contributed by atoms with Gasteiger partial charge in [-0.2, -0.15) is 0 Å². The van der Waals surface area contributed by atoms with Crippen LogP contribution in [0.5, 0.6) is 0 Å². The molecule has 2 amide bonds. The monoisotopic (exact) mass is 275 g/mol. The maximum atomic E-state index is 12.4. The molecule has 108 valence electrons. The smallest absolute Gasteiger partial charge is 0.251 e. The van der Waals surface area contributed by atoms with Crippen molar-refractivity contribution in [1.82, 2.24) is 15.5 Å². The summed E-state index contributed by atoms with van der Waals surface area (Å²) in [6.07, 6.45) is 0. The van der Waals surface area contributed by atoms with Gasteiger partial charge >= 0.3 is 0 Å². The minimum Gasteiger partial charge on any atom is -0.341 e. The van der Waals surface area contributed by atoms with Crippen LogP contribution in [-0.2, 0) is 4.79 Å². The molecule has 0 spiro atoms. The van der Waals surface area contributed by atoms with Crippen molar-refractivity contribution in [2.45, 2.75) is 25.9 Å². The Hall–Kier alpha value is -1.88. The Morgan fingerprint density at radius 3 is 2.70 bits per heavy atom. The normalized spacial score (nSPS) is 20.3. The molecule has 0 saturated carbocycles. The molecule has 20 heavy (non-hydrogen) atoms. The largest absolute Gasteiger partial charge is 0.341 e. The zero-order valence-corrected chi connectivity index (χ0v) is 11.9. The maximum absolute atomic E-state index is 12.4. The van der Waals surface area contributed by atoms with Crippen LogP contribution in [0.1, 0.15) is 24.2 Å². The van der Waals surface area contributed by atoms with E-state index in [-0.39, 0.29) is 17.9 Å². The van der Waals surface area contributed by atoms with Gasteiger partial charge in [-0.15, -0.1) is 0 Å². The van der Waals surface area contributed by atoms with E-state index in [1.807, 2.05) is 17.9 Å². The summed E-state index contributed by atoms with van der Waals surface area (Å²) in [5.41, 5.74) is 0.570. The Balaban J connectivity index is 1.95. The number of rotatable bonds is 3.